The van der Waals surface area contributed by atoms with Crippen LogP contribution in [0, 0.1) is 6.92 Å². The number of benzene rings is 3. The molecule has 0 unspecified atom stereocenters. The van der Waals surface area contributed by atoms with Crippen LogP contribution in [0.1, 0.15) is 47.8 Å². The summed E-state index contributed by atoms with van der Waals surface area (Å²) in [6.45, 7) is 1.33. The molecule has 0 heterocycles. The quantitative estimate of drug-likeness (QED) is 0.530. The molecule has 0 bridgehead atoms. The van der Waals surface area contributed by atoms with E-state index in [2.05, 4.69) is 5.32 Å². The van der Waals surface area contributed by atoms with Crippen molar-refractivity contribution in [2.45, 2.75) is 6.92 Å². The van der Waals surface area contributed by atoms with E-state index < -0.39 is 24.3 Å². The highest BCUT2D eigenvalue weighted by atomic mass is 16.5. The number of nitrogens with one attached hydrogen (secondary N) is 1. The number of ether oxygens (including phenoxy) is 1. The molecule has 1 aliphatic rings. The van der Waals surface area contributed by atoms with Crippen LogP contribution >= 0.6 is 0 Å². The highest BCUT2D eigenvalue weighted by molar-refractivity contribution is 6.30. The number of carbonyl (C=O) groups excluding carboxylic acids is 4. The lowest BCUT2D eigenvalue weighted by Gasteiger charge is -2.19. The molecule has 3 aromatic rings. The lowest BCUT2D eigenvalue weighted by Crippen LogP contribution is -2.26. The van der Waals surface area contributed by atoms with Gasteiger partial charge >= 0.3 is 5.97 Å². The van der Waals surface area contributed by atoms with Crippen molar-refractivity contribution in [3.05, 3.63) is 100 Å². The molecule has 0 spiro atoms. The van der Waals surface area contributed by atoms with Crippen molar-refractivity contribution >= 4 is 29.1 Å². The summed E-state index contributed by atoms with van der Waals surface area (Å²) in [7, 11) is 0. The van der Waals surface area contributed by atoms with Crippen molar-refractivity contribution in [2.75, 3.05) is 11.9 Å². The second kappa shape index (κ2) is 7.75. The summed E-state index contributed by atoms with van der Waals surface area (Å²) >= 11 is 0. The largest absolute Gasteiger partial charge is 0.452 e. The number of amides is 1. The minimum Gasteiger partial charge on any atom is -0.452 e. The van der Waals surface area contributed by atoms with Crippen molar-refractivity contribution in [1.29, 1.82) is 0 Å². The number of carbonyl (C=O) groups is 4. The number of rotatable bonds is 4. The molecule has 4 rings (SSSR count). The van der Waals surface area contributed by atoms with Crippen molar-refractivity contribution in [3.63, 3.8) is 0 Å². The average molecular weight is 399 g/mol. The van der Waals surface area contributed by atoms with Crippen molar-refractivity contribution < 1.29 is 23.9 Å². The van der Waals surface area contributed by atoms with Crippen LogP contribution in [0.25, 0.3) is 0 Å². The molecule has 1 N–H and O–H groups in total. The number of hydrogen-bond donors (Lipinski definition) is 1. The van der Waals surface area contributed by atoms with Crippen LogP contribution < -0.4 is 5.32 Å². The maximum atomic E-state index is 13.0. The lowest BCUT2D eigenvalue weighted by atomic mass is 9.82. The molecule has 0 saturated carbocycles. The maximum absolute atomic E-state index is 13.0. The zero-order valence-corrected chi connectivity index (χ0v) is 16.1. The first-order valence-corrected chi connectivity index (χ1v) is 9.31. The first kappa shape index (κ1) is 19.3. The molecule has 6 nitrogen and oxygen atoms in total. The van der Waals surface area contributed by atoms with Gasteiger partial charge in [0, 0.05) is 27.9 Å². The number of fused-ring (bicyclic) bond motifs is 2. The SMILES string of the molecule is Cc1ccccc1NC(=O)COC(=O)c1cccc2c1C(=O)c1ccccc1C2=O. The number of ketones is 2. The number of hydrogen-bond acceptors (Lipinski definition) is 5. The van der Waals surface area contributed by atoms with Crippen LogP contribution in [-0.4, -0.2) is 30.0 Å². The molecule has 0 radical (unpaired) electrons. The van der Waals surface area contributed by atoms with E-state index in [-0.39, 0.29) is 28.0 Å². The van der Waals surface area contributed by atoms with E-state index in [1.54, 1.807) is 36.4 Å². The Kier molecular flexibility index (Phi) is 4.98. The Morgan fingerprint density at radius 3 is 2.17 bits per heavy atom. The second-order valence-electron chi connectivity index (χ2n) is 6.87. The monoisotopic (exact) mass is 399 g/mol. The van der Waals surface area contributed by atoms with Crippen molar-refractivity contribution in [1.82, 2.24) is 0 Å². The molecular formula is C24H17NO5. The highest BCUT2D eigenvalue weighted by Crippen LogP contribution is 2.29. The van der Waals surface area contributed by atoms with E-state index in [1.807, 2.05) is 19.1 Å². The van der Waals surface area contributed by atoms with E-state index in [1.165, 1.54) is 18.2 Å². The van der Waals surface area contributed by atoms with E-state index in [0.29, 0.717) is 11.3 Å². The van der Waals surface area contributed by atoms with E-state index >= 15 is 0 Å². The van der Waals surface area contributed by atoms with E-state index in [9.17, 15) is 19.2 Å². The molecule has 1 aliphatic carbocycles. The van der Waals surface area contributed by atoms with Gasteiger partial charge < -0.3 is 10.1 Å². The molecule has 0 fully saturated rings. The summed E-state index contributed by atoms with van der Waals surface area (Å²) < 4.78 is 5.13. The standard InChI is InChI=1S/C24H17NO5/c1-14-7-2-5-12-19(14)25-20(26)13-30-24(29)18-11-6-10-17-21(18)23(28)16-9-4-3-8-15(16)22(17)27/h2-12H,13H2,1H3,(H,25,26). The lowest BCUT2D eigenvalue weighted by molar-refractivity contribution is -0.119. The van der Waals surface area contributed by atoms with Crippen LogP contribution in [-0.2, 0) is 9.53 Å². The maximum Gasteiger partial charge on any atom is 0.339 e. The van der Waals surface area contributed by atoms with Gasteiger partial charge in [0.15, 0.2) is 18.2 Å². The Hall–Kier alpha value is -4.06. The van der Waals surface area contributed by atoms with Crippen molar-refractivity contribution in [3.8, 4) is 0 Å². The van der Waals surface area contributed by atoms with Gasteiger partial charge in [-0.05, 0) is 24.6 Å². The Morgan fingerprint density at radius 2 is 1.43 bits per heavy atom. The minimum absolute atomic E-state index is 0.00510. The minimum atomic E-state index is -0.840. The molecule has 0 saturated heterocycles. The molecule has 148 valence electrons. The van der Waals surface area contributed by atoms with Gasteiger partial charge in [-0.25, -0.2) is 4.79 Å². The van der Waals surface area contributed by atoms with Gasteiger partial charge in [0.25, 0.3) is 5.91 Å². The topological polar surface area (TPSA) is 89.5 Å². The molecule has 30 heavy (non-hydrogen) atoms. The fourth-order valence-electron chi connectivity index (χ4n) is 3.42. The van der Waals surface area contributed by atoms with Gasteiger partial charge in [-0.15, -0.1) is 0 Å². The summed E-state index contributed by atoms with van der Waals surface area (Å²) in [5, 5.41) is 2.67. The summed E-state index contributed by atoms with van der Waals surface area (Å²) in [4.78, 5) is 50.5. The van der Waals surface area contributed by atoms with Gasteiger partial charge in [0.05, 0.1) is 5.56 Å². The van der Waals surface area contributed by atoms with Gasteiger partial charge in [0.1, 0.15) is 0 Å². The van der Waals surface area contributed by atoms with Crippen LogP contribution in [0.2, 0.25) is 0 Å². The van der Waals surface area contributed by atoms with Crippen LogP contribution in [0.4, 0.5) is 5.69 Å². The summed E-state index contributed by atoms with van der Waals surface area (Å²) in [6, 6.07) is 18.1. The predicted octanol–water partition coefficient (Wildman–Crippen LogP) is 3.57. The summed E-state index contributed by atoms with van der Waals surface area (Å²) in [6.07, 6.45) is 0. The first-order valence-electron chi connectivity index (χ1n) is 9.31. The predicted molar refractivity (Wildman–Crippen MR) is 110 cm³/mol. The Balaban J connectivity index is 1.55. The third-order valence-corrected chi connectivity index (χ3v) is 4.93. The fraction of sp³-hybridized carbons (Fsp3) is 0.0833. The molecular weight excluding hydrogens is 382 g/mol. The number of aryl methyl sites for hydroxylation is 1. The molecule has 6 heteroatoms. The third-order valence-electron chi connectivity index (χ3n) is 4.93. The van der Waals surface area contributed by atoms with Gasteiger partial charge in [-0.2, -0.15) is 0 Å². The molecule has 3 aromatic carbocycles. The molecule has 1 amide bonds. The second-order valence-corrected chi connectivity index (χ2v) is 6.87. The van der Waals surface area contributed by atoms with Crippen LogP contribution in [0.15, 0.2) is 66.7 Å². The highest BCUT2D eigenvalue weighted by Gasteiger charge is 2.33. The van der Waals surface area contributed by atoms with Crippen LogP contribution in [0.3, 0.4) is 0 Å². The van der Waals surface area contributed by atoms with Crippen LogP contribution in [0.5, 0.6) is 0 Å². The van der Waals surface area contributed by atoms with E-state index in [0.717, 1.165) is 5.56 Å². The Morgan fingerprint density at radius 1 is 0.800 bits per heavy atom. The molecule has 0 aliphatic heterocycles. The zero-order chi connectivity index (χ0) is 21.3. The van der Waals surface area contributed by atoms with Gasteiger partial charge in [-0.1, -0.05) is 54.6 Å². The Bertz CT molecular complexity index is 1210. The first-order chi connectivity index (χ1) is 14.5. The molecule has 0 atom stereocenters. The zero-order valence-electron chi connectivity index (χ0n) is 16.1. The number of para-hydroxylation sites is 1. The molecule has 0 aromatic heterocycles. The smallest absolute Gasteiger partial charge is 0.339 e. The van der Waals surface area contributed by atoms with E-state index in [4.69, 9.17) is 4.74 Å². The number of esters is 1. The third kappa shape index (κ3) is 3.39. The summed E-state index contributed by atoms with van der Waals surface area (Å²) in [5.74, 6) is -2.09. The fourth-order valence-corrected chi connectivity index (χ4v) is 3.42. The van der Waals surface area contributed by atoms with Gasteiger partial charge in [0.2, 0.25) is 0 Å². The normalized spacial score (nSPS) is 12.0. The van der Waals surface area contributed by atoms with Gasteiger partial charge in [-0.3, -0.25) is 14.4 Å². The Labute approximate surface area is 172 Å². The van der Waals surface area contributed by atoms with Crippen molar-refractivity contribution in [2.24, 2.45) is 0 Å². The summed E-state index contributed by atoms with van der Waals surface area (Å²) in [5.41, 5.74) is 2.16. The average Bonchev–Trinajstić information content (AvgIpc) is 2.77. The number of anilines is 1.